The summed E-state index contributed by atoms with van der Waals surface area (Å²) in [5.74, 6) is -0.134. The molecule has 1 aromatic heterocycles. The Morgan fingerprint density at radius 2 is 1.97 bits per heavy atom. The Kier molecular flexibility index (Phi) is 5.68. The highest BCUT2D eigenvalue weighted by molar-refractivity contribution is 7.16. The van der Waals surface area contributed by atoms with Crippen LogP contribution in [0.2, 0.25) is 0 Å². The van der Waals surface area contributed by atoms with E-state index in [1.165, 1.54) is 18.5 Å². The molecule has 2 N–H and O–H groups in total. The largest absolute Gasteiger partial charge is 0.368 e. The third-order valence-electron chi connectivity index (χ3n) is 4.82. The van der Waals surface area contributed by atoms with E-state index in [1.54, 1.807) is 29.0 Å². The van der Waals surface area contributed by atoms with E-state index in [0.29, 0.717) is 13.1 Å². The second-order valence-electron chi connectivity index (χ2n) is 6.77. The van der Waals surface area contributed by atoms with E-state index in [-0.39, 0.29) is 18.3 Å². The number of anilines is 1. The number of nitrogens with one attached hydrogen (secondary N) is 1. The van der Waals surface area contributed by atoms with Gasteiger partial charge in [-0.15, -0.1) is 11.3 Å². The first kappa shape index (κ1) is 19.3. The molecule has 0 radical (unpaired) electrons. The normalized spacial score (nSPS) is 14.7. The Bertz CT molecular complexity index is 1010. The van der Waals surface area contributed by atoms with Gasteiger partial charge in [0, 0.05) is 31.9 Å². The summed E-state index contributed by atoms with van der Waals surface area (Å²) in [4.78, 5) is 12.3. The summed E-state index contributed by atoms with van der Waals surface area (Å²) in [7, 11) is 0. The van der Waals surface area contributed by atoms with Crippen molar-refractivity contribution in [3.63, 3.8) is 0 Å². The molecule has 0 atom stereocenters. The van der Waals surface area contributed by atoms with Gasteiger partial charge in [-0.05, 0) is 42.0 Å². The summed E-state index contributed by atoms with van der Waals surface area (Å²) in [6.07, 6.45) is 1.27. The van der Waals surface area contributed by atoms with Crippen LogP contribution in [0.5, 0.6) is 0 Å². The van der Waals surface area contributed by atoms with Gasteiger partial charge in [-0.2, -0.15) is 0 Å². The number of fused-ring (bicyclic) bond motifs is 1. The Hall–Kier alpha value is -3.04. The van der Waals surface area contributed by atoms with E-state index in [0.717, 1.165) is 39.6 Å². The van der Waals surface area contributed by atoms with Crippen molar-refractivity contribution in [3.8, 4) is 0 Å². The minimum Gasteiger partial charge on any atom is -0.368 e. The maximum absolute atomic E-state index is 13.1. The van der Waals surface area contributed by atoms with E-state index >= 15 is 0 Å². The smallest absolute Gasteiger partial charge is 0.219 e. The van der Waals surface area contributed by atoms with Gasteiger partial charge in [0.1, 0.15) is 12.2 Å². The van der Waals surface area contributed by atoms with Crippen LogP contribution in [0.1, 0.15) is 5.56 Å². The molecule has 9 heteroatoms. The molecule has 7 nitrogen and oxygen atoms in total. The van der Waals surface area contributed by atoms with Crippen molar-refractivity contribution in [1.29, 1.82) is 5.41 Å². The van der Waals surface area contributed by atoms with E-state index < -0.39 is 0 Å². The molecule has 0 amide bonds. The molecule has 0 aliphatic carbocycles. The summed E-state index contributed by atoms with van der Waals surface area (Å²) in [5, 5.41) is 19.2. The lowest BCUT2D eigenvalue weighted by atomic mass is 10.2. The van der Waals surface area contributed by atoms with Gasteiger partial charge in [-0.3, -0.25) is 10.6 Å². The number of aromatic nitrogens is 1. The van der Waals surface area contributed by atoms with Gasteiger partial charge < -0.3 is 9.80 Å². The van der Waals surface area contributed by atoms with Crippen LogP contribution in [0.15, 0.2) is 53.0 Å². The zero-order valence-corrected chi connectivity index (χ0v) is 16.5. The van der Waals surface area contributed by atoms with Crippen molar-refractivity contribution in [3.05, 3.63) is 59.4 Å². The number of nitrogens with zero attached hydrogens (tertiary/aromatic N) is 5. The number of aliphatic imine (C=N–C) groups is 1. The van der Waals surface area contributed by atoms with Gasteiger partial charge in [0.2, 0.25) is 5.96 Å². The van der Waals surface area contributed by atoms with Gasteiger partial charge in [-0.25, -0.2) is 19.4 Å². The van der Waals surface area contributed by atoms with Crippen molar-refractivity contribution in [2.45, 2.75) is 6.54 Å². The zero-order chi connectivity index (χ0) is 20.2. The third kappa shape index (κ3) is 4.69. The molecule has 2 aromatic carbocycles. The molecule has 0 bridgehead atoms. The summed E-state index contributed by atoms with van der Waals surface area (Å²) in [6, 6.07) is 12.3. The van der Waals surface area contributed by atoms with Crippen LogP contribution in [-0.2, 0) is 6.54 Å². The Balaban J connectivity index is 1.28. The van der Waals surface area contributed by atoms with Crippen LogP contribution in [-0.4, -0.2) is 58.6 Å². The number of hydrogen-bond donors (Lipinski definition) is 2. The Morgan fingerprint density at radius 3 is 2.72 bits per heavy atom. The van der Waals surface area contributed by atoms with E-state index in [2.05, 4.69) is 14.9 Å². The van der Waals surface area contributed by atoms with Gasteiger partial charge in [-0.1, -0.05) is 6.07 Å². The molecule has 1 saturated heterocycles. The highest BCUT2D eigenvalue weighted by Crippen LogP contribution is 2.20. The average Bonchev–Trinajstić information content (AvgIpc) is 3.20. The van der Waals surface area contributed by atoms with Crippen LogP contribution in [0.25, 0.3) is 10.2 Å². The molecule has 3 aromatic rings. The van der Waals surface area contributed by atoms with Crippen molar-refractivity contribution in [2.24, 2.45) is 4.99 Å². The number of halogens is 1. The maximum Gasteiger partial charge on any atom is 0.219 e. The lowest BCUT2D eigenvalue weighted by Gasteiger charge is -2.36. The average molecular weight is 412 g/mol. The monoisotopic (exact) mass is 412 g/mol. The number of piperazine rings is 1. The van der Waals surface area contributed by atoms with Gasteiger partial charge in [0.25, 0.3) is 0 Å². The predicted octanol–water partition coefficient (Wildman–Crippen LogP) is 3.41. The zero-order valence-electron chi connectivity index (χ0n) is 15.7. The third-order valence-corrected chi connectivity index (χ3v) is 5.62. The molecule has 0 unspecified atom stereocenters. The van der Waals surface area contributed by atoms with Crippen LogP contribution in [0, 0.1) is 11.2 Å². The number of rotatable bonds is 4. The van der Waals surface area contributed by atoms with Crippen molar-refractivity contribution < 1.29 is 9.60 Å². The molecule has 0 spiro atoms. The van der Waals surface area contributed by atoms with Crippen molar-refractivity contribution in [2.75, 3.05) is 31.1 Å². The van der Waals surface area contributed by atoms with Crippen LogP contribution in [0.4, 0.5) is 10.1 Å². The SMILES string of the molecule is N=C(/N=C\N(O)Cc1ccc2ncsc2c1)N1CCN(c2ccc(F)cc2)CC1. The highest BCUT2D eigenvalue weighted by Gasteiger charge is 2.19. The Labute approximate surface area is 171 Å². The number of thiazole rings is 1. The number of hydrogen-bond acceptors (Lipinski definition) is 5. The molecule has 4 rings (SSSR count). The Morgan fingerprint density at radius 1 is 1.21 bits per heavy atom. The fraction of sp³-hybridized carbons (Fsp3) is 0.250. The van der Waals surface area contributed by atoms with Gasteiger partial charge in [0.05, 0.1) is 22.3 Å². The summed E-state index contributed by atoms with van der Waals surface area (Å²) >= 11 is 1.56. The number of benzene rings is 2. The number of guanidine groups is 1. The van der Waals surface area contributed by atoms with E-state index in [9.17, 15) is 9.60 Å². The first-order valence-corrected chi connectivity index (χ1v) is 10.1. The second-order valence-corrected chi connectivity index (χ2v) is 7.66. The summed E-state index contributed by atoms with van der Waals surface area (Å²) in [5.41, 5.74) is 4.65. The minimum absolute atomic E-state index is 0.112. The second kappa shape index (κ2) is 8.54. The molecule has 2 heterocycles. The number of hydroxylamine groups is 2. The molecular formula is C20H21FN6OS. The lowest BCUT2D eigenvalue weighted by Crippen LogP contribution is -2.48. The molecule has 1 aliphatic heterocycles. The predicted molar refractivity (Wildman–Crippen MR) is 113 cm³/mol. The fourth-order valence-electron chi connectivity index (χ4n) is 3.26. The summed E-state index contributed by atoms with van der Waals surface area (Å²) in [6.45, 7) is 3.01. The quantitative estimate of drug-likeness (QED) is 0.390. The molecular weight excluding hydrogens is 391 g/mol. The molecule has 1 fully saturated rings. The van der Waals surface area contributed by atoms with Gasteiger partial charge >= 0.3 is 0 Å². The molecule has 1 aliphatic rings. The van der Waals surface area contributed by atoms with Crippen molar-refractivity contribution in [1.82, 2.24) is 14.9 Å². The van der Waals surface area contributed by atoms with E-state index in [1.807, 2.05) is 23.1 Å². The maximum atomic E-state index is 13.1. The van der Waals surface area contributed by atoms with Gasteiger partial charge in [0.15, 0.2) is 0 Å². The minimum atomic E-state index is -0.246. The molecule has 29 heavy (non-hydrogen) atoms. The van der Waals surface area contributed by atoms with Crippen LogP contribution in [0.3, 0.4) is 0 Å². The van der Waals surface area contributed by atoms with Crippen LogP contribution >= 0.6 is 11.3 Å². The first-order chi connectivity index (χ1) is 14.1. The van der Waals surface area contributed by atoms with Crippen molar-refractivity contribution >= 4 is 39.5 Å². The standard InChI is InChI=1S/C20H21FN6OS/c21-16-2-4-17(5-3-16)25-7-9-26(10-8-25)20(22)23-13-27(28)12-15-1-6-18-19(11-15)29-14-24-18/h1-6,11,13-14,22,28H,7-10,12H2/b22-20?,23-13-. The van der Waals surface area contributed by atoms with Crippen LogP contribution < -0.4 is 4.90 Å². The first-order valence-electron chi connectivity index (χ1n) is 9.24. The molecule has 150 valence electrons. The fourth-order valence-corrected chi connectivity index (χ4v) is 4.00. The topological polar surface area (TPSA) is 79.0 Å². The summed E-state index contributed by atoms with van der Waals surface area (Å²) < 4.78 is 14.1. The lowest BCUT2D eigenvalue weighted by molar-refractivity contribution is -0.0164. The van der Waals surface area contributed by atoms with E-state index in [4.69, 9.17) is 5.41 Å². The molecule has 0 saturated carbocycles. The highest BCUT2D eigenvalue weighted by atomic mass is 32.1.